The monoisotopic (exact) mass is 1440 g/mol. The second-order valence-corrected chi connectivity index (χ2v) is 26.5. The van der Waals surface area contributed by atoms with Crippen LogP contribution < -0.4 is 28.4 Å². The van der Waals surface area contributed by atoms with E-state index in [9.17, 15) is 123 Å². The van der Waals surface area contributed by atoms with Gasteiger partial charge in [0, 0.05) is 98.5 Å². The van der Waals surface area contributed by atoms with Crippen molar-refractivity contribution in [3.63, 3.8) is 0 Å². The first-order chi connectivity index (χ1) is 49.9. The van der Waals surface area contributed by atoms with Gasteiger partial charge in [0.25, 0.3) is 0 Å². The van der Waals surface area contributed by atoms with Gasteiger partial charge in [0.15, 0.2) is 75.8 Å². The predicted octanol–water partition coefficient (Wildman–Crippen LogP) is 7.14. The highest BCUT2D eigenvalue weighted by molar-refractivity contribution is 5.76. The minimum atomic E-state index is -2.91. The van der Waals surface area contributed by atoms with Gasteiger partial charge < -0.3 is 151 Å². The van der Waals surface area contributed by atoms with E-state index in [1.807, 2.05) is 0 Å². The van der Waals surface area contributed by atoms with Gasteiger partial charge in [0.1, 0.15) is 117 Å². The second-order valence-electron chi connectivity index (χ2n) is 26.5. The number of aliphatic hydroxyl groups is 5. The van der Waals surface area contributed by atoms with Gasteiger partial charge in [-0.2, -0.15) is 0 Å². The Morgan fingerprint density at radius 3 is 1.10 bits per heavy atom. The third-order valence-electron chi connectivity index (χ3n) is 20.5. The Hall–Kier alpha value is -13.0. The number of rotatable bonds is 8. The molecular weight excluding hydrogens is 1380 g/mol. The molecule has 0 saturated heterocycles. The molecule has 2 unspecified atom stereocenters. The zero-order valence-electron chi connectivity index (χ0n) is 53.5. The van der Waals surface area contributed by atoms with Crippen molar-refractivity contribution in [2.75, 3.05) is 0 Å². The Morgan fingerprint density at radius 1 is 0.267 bits per heavy atom. The van der Waals surface area contributed by atoms with Crippen molar-refractivity contribution in [1.29, 1.82) is 0 Å². The quantitative estimate of drug-likeness (QED) is 0.0672. The van der Waals surface area contributed by atoms with E-state index >= 15 is 0 Å². The molecule has 16 rings (SSSR count). The van der Waals surface area contributed by atoms with Crippen LogP contribution in [0.2, 0.25) is 0 Å². The van der Waals surface area contributed by atoms with E-state index in [1.165, 1.54) is 24.3 Å². The van der Waals surface area contributed by atoms with Crippen molar-refractivity contribution in [2.24, 2.45) is 0 Å². The summed E-state index contributed by atoms with van der Waals surface area (Å²) in [7, 11) is 0. The third-order valence-corrected chi connectivity index (χ3v) is 20.5. The molecule has 540 valence electrons. The van der Waals surface area contributed by atoms with Crippen LogP contribution in [0.25, 0.3) is 0 Å². The fourth-order valence-corrected chi connectivity index (χ4v) is 15.8. The fraction of sp³-hybridized carbons (Fsp3) is 0.200. The van der Waals surface area contributed by atoms with Crippen LogP contribution >= 0.6 is 0 Å². The van der Waals surface area contributed by atoms with Gasteiger partial charge in [0.05, 0.1) is 29.8 Å². The Labute approximate surface area is 588 Å². The van der Waals surface area contributed by atoms with Crippen molar-refractivity contribution in [2.45, 2.75) is 90.8 Å². The molecule has 0 radical (unpaired) electrons. The van der Waals surface area contributed by atoms with Crippen LogP contribution in [0.5, 0.6) is 144 Å². The fourth-order valence-electron chi connectivity index (χ4n) is 15.8. The molecule has 30 nitrogen and oxygen atoms in total. The number of aliphatic hydroxyl groups excluding tert-OH is 5. The zero-order valence-corrected chi connectivity index (χ0v) is 53.5. The maximum atomic E-state index is 13.6. The molecule has 0 aliphatic carbocycles. The number of fused-ring (bicyclic) bond motifs is 11. The molecule has 10 aromatic carbocycles. The minimum Gasteiger partial charge on any atom is -0.508 e. The van der Waals surface area contributed by atoms with Gasteiger partial charge in [0.2, 0.25) is 0 Å². The van der Waals surface area contributed by atoms with Crippen LogP contribution in [0.15, 0.2) is 127 Å². The number of phenols is 19. The van der Waals surface area contributed by atoms with Crippen LogP contribution in [0, 0.1) is 0 Å². The van der Waals surface area contributed by atoms with Gasteiger partial charge in [-0.25, -0.2) is 0 Å². The summed E-state index contributed by atoms with van der Waals surface area (Å²) in [5, 5.41) is 282. The molecule has 2 bridgehead atoms. The number of phenolic OH excluding ortho intramolecular Hbond substituents is 19. The number of hydrogen-bond acceptors (Lipinski definition) is 30. The molecule has 0 aromatic heterocycles. The van der Waals surface area contributed by atoms with Crippen molar-refractivity contribution in [1.82, 2.24) is 0 Å². The van der Waals surface area contributed by atoms with Gasteiger partial charge >= 0.3 is 5.79 Å². The summed E-state index contributed by atoms with van der Waals surface area (Å²) in [4.78, 5) is 0. The molecule has 105 heavy (non-hydrogen) atoms. The van der Waals surface area contributed by atoms with Gasteiger partial charge in [-0.3, -0.25) is 0 Å². The average Bonchev–Trinajstić information content (AvgIpc) is 0.690. The highest BCUT2D eigenvalue weighted by Crippen LogP contribution is 2.69. The Kier molecular flexibility index (Phi) is 14.9. The predicted molar refractivity (Wildman–Crippen MR) is 354 cm³/mol. The molecular formula is C75H60O30. The van der Waals surface area contributed by atoms with Gasteiger partial charge in [-0.15, -0.1) is 0 Å². The molecule has 0 spiro atoms. The zero-order chi connectivity index (χ0) is 74.3. The normalized spacial score (nSPS) is 25.1. The van der Waals surface area contributed by atoms with Crippen LogP contribution in [-0.4, -0.2) is 153 Å². The standard InChI is InChI=1S/C75H60O30/c76-28-16-41(88)51-49(17-28)100-67(24-2-7-31(78)37(84)12-24)63(96)59(51)53-43(90)20-44(91)54-61(65(98)68(102-71(53)54)25-3-8-32(79)38(85)13-25)56-45(92)21-46(93)57-62-58-50(104-75(74(62)99,105-73(56)57)27-5-10-34(81)40(87)15-27)22-47(94)55-60(64(97)69(103-72(55)58)26-4-9-33(80)39(86)14-26)52-42(89)19-35(82)29-18-48(95)66(101-70(29)52)23-1-6-30(77)36(83)11-23/h1-17,19-22,48,59-69,74,76-99H,18H2/t48-,59?,60+,61?,62+,63-,64-,65-,66-,67-,68-,69-,74-,75+/m1/s1. The van der Waals surface area contributed by atoms with Crippen LogP contribution in [0.3, 0.4) is 0 Å². The Morgan fingerprint density at radius 2 is 0.629 bits per heavy atom. The largest absolute Gasteiger partial charge is 0.508 e. The third kappa shape index (κ3) is 9.89. The average molecular weight is 1440 g/mol. The molecule has 6 aliphatic heterocycles. The Bertz CT molecular complexity index is 5350. The molecule has 6 aliphatic rings. The van der Waals surface area contributed by atoms with E-state index in [-0.39, 0.29) is 39.1 Å². The summed E-state index contributed by atoms with van der Waals surface area (Å²) in [6.07, 6.45) is -17.7. The first-order valence-electron chi connectivity index (χ1n) is 32.2. The van der Waals surface area contributed by atoms with Crippen LogP contribution in [0.4, 0.5) is 0 Å². The lowest BCUT2D eigenvalue weighted by Crippen LogP contribution is -2.58. The molecule has 14 atom stereocenters. The topological polar surface area (TPSA) is 541 Å². The lowest BCUT2D eigenvalue weighted by molar-refractivity contribution is -0.219. The summed E-state index contributed by atoms with van der Waals surface area (Å²) in [6, 6.07) is 21.3. The van der Waals surface area contributed by atoms with Crippen molar-refractivity contribution >= 4 is 0 Å². The second kappa shape index (κ2) is 23.5. The highest BCUT2D eigenvalue weighted by Gasteiger charge is 2.63. The van der Waals surface area contributed by atoms with Crippen molar-refractivity contribution < 1.29 is 151 Å². The molecule has 0 amide bonds. The maximum absolute atomic E-state index is 13.6. The summed E-state index contributed by atoms with van der Waals surface area (Å²) >= 11 is 0. The van der Waals surface area contributed by atoms with Crippen LogP contribution in [-0.2, 0) is 12.2 Å². The molecule has 6 heterocycles. The maximum Gasteiger partial charge on any atom is 0.305 e. The van der Waals surface area contributed by atoms with E-state index in [0.717, 1.165) is 103 Å². The molecule has 0 saturated carbocycles. The Balaban J connectivity index is 0.966. The smallest absolute Gasteiger partial charge is 0.305 e. The van der Waals surface area contributed by atoms with Crippen molar-refractivity contribution in [3.8, 4) is 144 Å². The van der Waals surface area contributed by atoms with E-state index in [1.54, 1.807) is 0 Å². The summed E-state index contributed by atoms with van der Waals surface area (Å²) in [5.74, 6) is -28.8. The lowest BCUT2D eigenvalue weighted by atomic mass is 9.69. The van der Waals surface area contributed by atoms with Crippen LogP contribution in [0.1, 0.15) is 126 Å². The van der Waals surface area contributed by atoms with E-state index < -0.39 is 273 Å². The summed E-state index contributed by atoms with van der Waals surface area (Å²) in [6.45, 7) is 0. The first-order valence-corrected chi connectivity index (χ1v) is 32.2. The van der Waals surface area contributed by atoms with E-state index in [2.05, 4.69) is 0 Å². The number of hydrogen-bond donors (Lipinski definition) is 24. The SMILES string of the molecule is Oc1cc(O)c2c(c1)O[C@H](c1ccc(O)c(O)c1)[C@H](O)C2c1c(O)cc(O)c2c1O[C@H](c1ccc(O)c(O)c1)[C@H](O)C2c1c(O)cc(O)c2c1O[C@]1(c3ccc(O)c(O)c3)Oc3cc(O)c4c(c3[C@H]2[C@H]1O)O[C@H](c1ccc(O)c(O)c1)[C@H](O)[C@H]4c1c(O)cc(O)c2c1O[C@H](c1ccc(O)c(O)c1)[C@H](O)C2. The van der Waals surface area contributed by atoms with E-state index in [0.29, 0.717) is 0 Å². The first kappa shape index (κ1) is 66.5. The minimum absolute atomic E-state index is 0.0427. The number of ether oxygens (including phenoxy) is 6. The van der Waals surface area contributed by atoms with Crippen molar-refractivity contribution in [3.05, 3.63) is 205 Å². The van der Waals surface area contributed by atoms with Gasteiger partial charge in [-0.05, 0) is 89.0 Å². The van der Waals surface area contributed by atoms with E-state index in [4.69, 9.17) is 28.4 Å². The summed E-state index contributed by atoms with van der Waals surface area (Å²) < 4.78 is 40.0. The molecule has 10 aromatic rings. The highest BCUT2D eigenvalue weighted by atomic mass is 16.7. The lowest BCUT2D eigenvalue weighted by Gasteiger charge is -2.52. The number of benzene rings is 10. The molecule has 24 N–H and O–H groups in total. The number of aromatic hydroxyl groups is 19. The summed E-state index contributed by atoms with van der Waals surface area (Å²) in [5.41, 5.74) is -5.07. The van der Waals surface area contributed by atoms with Gasteiger partial charge in [-0.1, -0.05) is 24.3 Å². The molecule has 0 fully saturated rings. The molecule has 30 heteroatoms.